The average molecular weight is 1100 g/mol. The maximum Gasteiger partial charge on any atom is 0.308 e. The summed E-state index contributed by atoms with van der Waals surface area (Å²) in [6.07, 6.45) is 1.69. The maximum atomic E-state index is 14.6. The number of carbonyl (C=O) groups excluding carboxylic acids is 1. The first-order chi connectivity index (χ1) is 37.4. The van der Waals surface area contributed by atoms with Crippen molar-refractivity contribution >= 4 is 11.9 Å². The van der Waals surface area contributed by atoms with E-state index < -0.39 is 78.3 Å². The lowest BCUT2D eigenvalue weighted by atomic mass is 9.78. The molecule has 19 heteroatoms. The van der Waals surface area contributed by atoms with Crippen molar-refractivity contribution in [3.05, 3.63) is 24.3 Å². The van der Waals surface area contributed by atoms with Gasteiger partial charge in [-0.2, -0.15) is 0 Å². The first-order valence-electron chi connectivity index (χ1n) is 30.1. The molecule has 0 saturated carbocycles. The highest BCUT2D eigenvalue weighted by Gasteiger charge is 2.67. The zero-order valence-electron chi connectivity index (χ0n) is 46.1. The lowest BCUT2D eigenvalue weighted by molar-refractivity contribution is -0.371. The second-order valence-electron chi connectivity index (χ2n) is 26.7. The molecular weight excluding hydrogens is 1010 g/mol. The SMILES string of the molecule is C=C1C[C@@H]2CC[C@]34C[C@@H](O3)[C@@H]3O[C@H]5CC[C@H](CC(=O)O[C@@H]6[C@@H](C)[C@@H]7O[C@@H]8C[C@]9(C[C@@H]%10O[C@]%11(C[C@H](C)[C@@H]%12O[C@H](CC(=O)O)[C@H](O)C[C@@H]%12O%11)C[C@H](C)[C@@H]%10O9)O[C@@H]8C[C@@H]7O[C@H]6C[C@H]6O[C@@H](CC[C@@H]1O2)C[C@@H](C)C6=C)O[C@@H]5[C@H](O4)[C@@H]3OC. The Hall–Kier alpha value is -2.18. The summed E-state index contributed by atoms with van der Waals surface area (Å²) in [5.41, 5.74) is 2.14. The molecule has 30 atom stereocenters. The van der Waals surface area contributed by atoms with Gasteiger partial charge in [-0.15, -0.1) is 0 Å². The van der Waals surface area contributed by atoms with Gasteiger partial charge in [-0.05, 0) is 73.8 Å². The molecule has 0 aromatic heterocycles. The molecule has 0 aromatic rings. The molecule has 0 aromatic carbocycles. The van der Waals surface area contributed by atoms with Crippen LogP contribution in [0.3, 0.4) is 0 Å². The van der Waals surface area contributed by atoms with Gasteiger partial charge in [0.25, 0.3) is 0 Å². The molecule has 0 aliphatic carbocycles. The van der Waals surface area contributed by atoms with E-state index in [1.165, 1.54) is 0 Å². The molecule has 0 amide bonds. The van der Waals surface area contributed by atoms with Gasteiger partial charge in [0.1, 0.15) is 30.5 Å². The molecule has 15 heterocycles. The fourth-order valence-electron chi connectivity index (χ4n) is 17.5. The number of ether oxygens (including phenoxy) is 15. The van der Waals surface area contributed by atoms with Crippen LogP contribution in [-0.2, 0) is 80.6 Å². The van der Waals surface area contributed by atoms with Gasteiger partial charge in [-0.1, -0.05) is 40.9 Å². The number of carbonyl (C=O) groups is 2. The van der Waals surface area contributed by atoms with E-state index >= 15 is 0 Å². The largest absolute Gasteiger partial charge is 0.481 e. The zero-order chi connectivity index (χ0) is 53.7. The molecule has 15 rings (SSSR count). The number of esters is 1. The van der Waals surface area contributed by atoms with Gasteiger partial charge in [0.2, 0.25) is 0 Å². The van der Waals surface area contributed by atoms with E-state index in [0.717, 1.165) is 43.3 Å². The first-order valence-corrected chi connectivity index (χ1v) is 30.1. The van der Waals surface area contributed by atoms with Crippen LogP contribution in [0.4, 0.5) is 0 Å². The minimum absolute atomic E-state index is 0.00816. The van der Waals surface area contributed by atoms with E-state index in [4.69, 9.17) is 71.1 Å². The predicted octanol–water partition coefficient (Wildman–Crippen LogP) is 5.90. The summed E-state index contributed by atoms with van der Waals surface area (Å²) < 4.78 is 102. The zero-order valence-corrected chi connectivity index (χ0v) is 46.1. The van der Waals surface area contributed by atoms with Crippen LogP contribution >= 0.6 is 0 Å². The summed E-state index contributed by atoms with van der Waals surface area (Å²) in [6, 6.07) is 0. The van der Waals surface area contributed by atoms with E-state index in [-0.39, 0.29) is 134 Å². The average Bonchev–Trinajstić information content (AvgIpc) is 4.24. The maximum absolute atomic E-state index is 14.6. The Balaban J connectivity index is 0.690. The number of hydrogen-bond donors (Lipinski definition) is 2. The Labute approximate surface area is 457 Å². The quantitative estimate of drug-likeness (QED) is 0.249. The van der Waals surface area contributed by atoms with Gasteiger partial charge in [-0.3, -0.25) is 9.59 Å². The molecule has 3 spiro atoms. The van der Waals surface area contributed by atoms with E-state index in [9.17, 15) is 19.8 Å². The minimum atomic E-state index is -1.00. The number of aliphatic hydroxyl groups excluding tert-OH is 1. The summed E-state index contributed by atoms with van der Waals surface area (Å²) in [5, 5.41) is 20.4. The second-order valence-corrected chi connectivity index (χ2v) is 26.7. The molecule has 0 radical (unpaired) electrons. The third kappa shape index (κ3) is 9.52. The Morgan fingerprint density at radius 1 is 0.564 bits per heavy atom. The molecule has 15 aliphatic heterocycles. The first kappa shape index (κ1) is 53.8. The molecule has 19 nitrogen and oxygen atoms in total. The molecule has 434 valence electrons. The highest BCUT2D eigenvalue weighted by Crippen LogP contribution is 2.57. The van der Waals surface area contributed by atoms with Crippen LogP contribution in [0, 0.1) is 23.7 Å². The van der Waals surface area contributed by atoms with Crippen LogP contribution < -0.4 is 0 Å². The summed E-state index contributed by atoms with van der Waals surface area (Å²) >= 11 is 0. The van der Waals surface area contributed by atoms with Gasteiger partial charge in [-0.25, -0.2) is 0 Å². The smallest absolute Gasteiger partial charge is 0.308 e. The predicted molar refractivity (Wildman–Crippen MR) is 270 cm³/mol. The van der Waals surface area contributed by atoms with Crippen molar-refractivity contribution in [1.82, 2.24) is 0 Å². The Morgan fingerprint density at radius 3 is 2.04 bits per heavy atom. The Morgan fingerprint density at radius 2 is 1.23 bits per heavy atom. The van der Waals surface area contributed by atoms with Gasteiger partial charge >= 0.3 is 11.9 Å². The number of aliphatic carboxylic acids is 1. The molecular formula is C59H84O19. The van der Waals surface area contributed by atoms with Crippen LogP contribution in [0.5, 0.6) is 0 Å². The van der Waals surface area contributed by atoms with Crippen molar-refractivity contribution in [3.8, 4) is 0 Å². The van der Waals surface area contributed by atoms with Gasteiger partial charge < -0.3 is 81.3 Å². The number of aliphatic hydroxyl groups is 1. The van der Waals surface area contributed by atoms with Crippen LogP contribution in [0.15, 0.2) is 24.3 Å². The Kier molecular flexibility index (Phi) is 14.0. The number of fused-ring (bicyclic) bond motifs is 10. The molecule has 0 unspecified atom stereocenters. The lowest BCUT2D eigenvalue weighted by Crippen LogP contribution is -2.63. The highest BCUT2D eigenvalue weighted by molar-refractivity contribution is 5.70. The van der Waals surface area contributed by atoms with E-state index in [0.29, 0.717) is 64.2 Å². The van der Waals surface area contributed by atoms with E-state index in [1.807, 2.05) is 0 Å². The summed E-state index contributed by atoms with van der Waals surface area (Å²) in [4.78, 5) is 26.1. The summed E-state index contributed by atoms with van der Waals surface area (Å²) in [6.45, 7) is 17.7. The fraction of sp³-hybridized carbons (Fsp3) is 0.898. The van der Waals surface area contributed by atoms with Crippen LogP contribution in [0.2, 0.25) is 0 Å². The van der Waals surface area contributed by atoms with Crippen LogP contribution in [-0.4, -0.2) is 187 Å². The van der Waals surface area contributed by atoms with Crippen LogP contribution in [0.1, 0.15) is 143 Å². The molecule has 78 heavy (non-hydrogen) atoms. The lowest BCUT2D eigenvalue weighted by Gasteiger charge is -2.54. The number of hydrogen-bond acceptors (Lipinski definition) is 18. The van der Waals surface area contributed by atoms with Crippen molar-refractivity contribution in [2.45, 2.75) is 301 Å². The summed E-state index contributed by atoms with van der Waals surface area (Å²) in [5.74, 6) is -3.97. The summed E-state index contributed by atoms with van der Waals surface area (Å²) in [7, 11) is 1.69. The third-order valence-corrected chi connectivity index (χ3v) is 21.2. The number of carboxylic acids is 1. The van der Waals surface area contributed by atoms with Crippen molar-refractivity contribution in [2.75, 3.05) is 7.11 Å². The highest BCUT2D eigenvalue weighted by atomic mass is 16.8. The Bertz CT molecular complexity index is 2310. The standard InChI is InChI=1S/C59H84O19/c1-26-14-32-8-10-36-27(2)15-34(65-36)12-13-57-24-46(75-57)54-55(64-7)56(78-57)53-37(69-54)11-9-33(67-53)16-48(63)72-52-31(6)51-42(68-41(52)18-38(66-32)30(26)5)19-40-44(71-51)23-59(73-40)25-45-50(77-59)29(4)22-58(76-45)21-28(3)49-43(74-58)17-35(60)39(70-49)20-47(61)62/h26,28-29,31-46,49-56,60H,2,5,8-25H2,1,3-4,6-7H3,(H,61,62)/t26-,28+,29+,31+,32+,33-,34+,35-,36+,37+,38-,39-,40-,41+,42+,43+,44-,45+,46-,49+,50+,51+,52-,53+,54+,55-,56+,57+,58-,59+/m1/s1. The molecule has 15 aliphatic rings. The topological polar surface area (TPSA) is 213 Å². The van der Waals surface area contributed by atoms with Crippen molar-refractivity contribution in [2.24, 2.45) is 23.7 Å². The minimum Gasteiger partial charge on any atom is -0.481 e. The normalized spacial score (nSPS) is 56.5. The van der Waals surface area contributed by atoms with Crippen molar-refractivity contribution in [1.29, 1.82) is 0 Å². The molecule has 2 N–H and O–H groups in total. The number of methoxy groups -OCH3 is 1. The number of carboxylic acid groups (broad SMARTS) is 1. The monoisotopic (exact) mass is 1100 g/mol. The van der Waals surface area contributed by atoms with E-state index in [2.05, 4.69) is 40.9 Å². The van der Waals surface area contributed by atoms with Gasteiger partial charge in [0.15, 0.2) is 17.4 Å². The molecule has 15 saturated heterocycles. The molecule has 10 bridgehead atoms. The van der Waals surface area contributed by atoms with Crippen molar-refractivity contribution < 1.29 is 90.9 Å². The van der Waals surface area contributed by atoms with E-state index in [1.54, 1.807) is 7.11 Å². The fourth-order valence-corrected chi connectivity index (χ4v) is 17.5. The van der Waals surface area contributed by atoms with Gasteiger partial charge in [0, 0.05) is 70.8 Å². The van der Waals surface area contributed by atoms with Gasteiger partial charge in [0.05, 0.1) is 123 Å². The van der Waals surface area contributed by atoms with Crippen LogP contribution in [0.25, 0.3) is 0 Å². The van der Waals surface area contributed by atoms with Crippen molar-refractivity contribution in [3.63, 3.8) is 0 Å². The second kappa shape index (κ2) is 20.3. The third-order valence-electron chi connectivity index (χ3n) is 21.2. The number of rotatable bonds is 3. The molecule has 15 fully saturated rings.